The van der Waals surface area contributed by atoms with E-state index in [4.69, 9.17) is 11.6 Å². The second-order valence-corrected chi connectivity index (χ2v) is 6.83. The van der Waals surface area contributed by atoms with Crippen LogP contribution in [0.2, 0.25) is 5.02 Å². The van der Waals surface area contributed by atoms with Crippen molar-refractivity contribution in [2.75, 3.05) is 7.05 Å². The summed E-state index contributed by atoms with van der Waals surface area (Å²) in [6.45, 7) is 0. The van der Waals surface area contributed by atoms with E-state index >= 15 is 0 Å². The molecule has 0 saturated heterocycles. The summed E-state index contributed by atoms with van der Waals surface area (Å²) < 4.78 is 2.19. The minimum Gasteiger partial charge on any atom is -0.313 e. The molecule has 1 atom stereocenters. The summed E-state index contributed by atoms with van der Waals surface area (Å²) in [6, 6.07) is 14.9. The molecule has 2 rings (SSSR count). The lowest BCUT2D eigenvalue weighted by atomic mass is 9.99. The fourth-order valence-corrected chi connectivity index (χ4v) is 2.76. The lowest BCUT2D eigenvalue weighted by Gasteiger charge is -2.17. The zero-order valence-corrected chi connectivity index (χ0v) is 15.0. The number of rotatable bonds is 4. The molecule has 0 heterocycles. The number of likely N-dealkylation sites (N-methyl/N-ethyl adjacent to an activating group) is 1. The second kappa shape index (κ2) is 7.07. The van der Waals surface area contributed by atoms with Crippen molar-refractivity contribution >= 4 is 50.1 Å². The molecule has 0 aromatic heterocycles. The average Bonchev–Trinajstić information content (AvgIpc) is 2.41. The van der Waals surface area contributed by atoms with Gasteiger partial charge in [0.1, 0.15) is 0 Å². The normalized spacial score (nSPS) is 12.4. The van der Waals surface area contributed by atoms with Crippen LogP contribution in [0.25, 0.3) is 0 Å². The first-order valence-corrected chi connectivity index (χ1v) is 8.22. The SMILES string of the molecule is CNC(Cc1ccc(Br)cc1)c1ccc(I)c(Cl)c1. The molecule has 4 heteroatoms. The number of halogens is 3. The van der Waals surface area contributed by atoms with E-state index < -0.39 is 0 Å². The second-order valence-electron chi connectivity index (χ2n) is 4.35. The molecule has 0 aliphatic carbocycles. The minimum atomic E-state index is 0.274. The van der Waals surface area contributed by atoms with E-state index in [-0.39, 0.29) is 6.04 Å². The average molecular weight is 451 g/mol. The van der Waals surface area contributed by atoms with Crippen molar-refractivity contribution in [3.63, 3.8) is 0 Å². The van der Waals surface area contributed by atoms with Gasteiger partial charge in [-0.2, -0.15) is 0 Å². The van der Waals surface area contributed by atoms with E-state index in [0.717, 1.165) is 19.5 Å². The molecular weight excluding hydrogens is 436 g/mol. The van der Waals surface area contributed by atoms with Gasteiger partial charge in [0.15, 0.2) is 0 Å². The van der Waals surface area contributed by atoms with Crippen molar-refractivity contribution < 1.29 is 0 Å². The molecule has 100 valence electrons. The highest BCUT2D eigenvalue weighted by Gasteiger charge is 2.11. The molecule has 19 heavy (non-hydrogen) atoms. The number of hydrogen-bond acceptors (Lipinski definition) is 1. The van der Waals surface area contributed by atoms with Crippen LogP contribution in [-0.4, -0.2) is 7.05 Å². The van der Waals surface area contributed by atoms with Crippen LogP contribution in [0.5, 0.6) is 0 Å². The van der Waals surface area contributed by atoms with Crippen molar-refractivity contribution in [3.05, 3.63) is 66.7 Å². The van der Waals surface area contributed by atoms with Gasteiger partial charge in [-0.1, -0.05) is 45.7 Å². The first-order valence-electron chi connectivity index (χ1n) is 5.97. The Labute approximate surface area is 141 Å². The third-order valence-corrected chi connectivity index (χ3v) is 5.15. The molecule has 1 nitrogen and oxygen atoms in total. The first kappa shape index (κ1) is 15.3. The fourth-order valence-electron chi connectivity index (χ4n) is 1.97. The maximum Gasteiger partial charge on any atom is 0.0542 e. The van der Waals surface area contributed by atoms with Crippen LogP contribution in [0, 0.1) is 3.57 Å². The summed E-state index contributed by atoms with van der Waals surface area (Å²) in [5, 5.41) is 4.17. The van der Waals surface area contributed by atoms with Crippen LogP contribution in [0.1, 0.15) is 17.2 Å². The van der Waals surface area contributed by atoms with Crippen LogP contribution in [0.15, 0.2) is 46.9 Å². The molecule has 0 fully saturated rings. The first-order chi connectivity index (χ1) is 9.10. The Bertz CT molecular complexity index is 557. The highest BCUT2D eigenvalue weighted by Crippen LogP contribution is 2.25. The van der Waals surface area contributed by atoms with E-state index in [1.807, 2.05) is 13.1 Å². The van der Waals surface area contributed by atoms with Crippen molar-refractivity contribution in [2.24, 2.45) is 0 Å². The Morgan fingerprint density at radius 2 is 1.89 bits per heavy atom. The van der Waals surface area contributed by atoms with Crippen LogP contribution < -0.4 is 5.32 Å². The smallest absolute Gasteiger partial charge is 0.0542 e. The van der Waals surface area contributed by atoms with Gasteiger partial charge in [-0.15, -0.1) is 0 Å². The maximum absolute atomic E-state index is 6.20. The van der Waals surface area contributed by atoms with E-state index in [1.165, 1.54) is 11.1 Å². The summed E-state index contributed by atoms with van der Waals surface area (Å²) in [7, 11) is 1.98. The standard InChI is InChI=1S/C15H14BrClIN/c1-19-15(8-10-2-5-12(16)6-3-10)11-4-7-14(18)13(17)9-11/h2-7,9,15,19H,8H2,1H3. The summed E-state index contributed by atoms with van der Waals surface area (Å²) >= 11 is 11.9. The summed E-state index contributed by atoms with van der Waals surface area (Å²) in [5.74, 6) is 0. The van der Waals surface area contributed by atoms with Gasteiger partial charge >= 0.3 is 0 Å². The van der Waals surface area contributed by atoms with Gasteiger partial charge in [-0.25, -0.2) is 0 Å². The molecular formula is C15H14BrClIN. The molecule has 0 aliphatic heterocycles. The summed E-state index contributed by atoms with van der Waals surface area (Å²) in [4.78, 5) is 0. The van der Waals surface area contributed by atoms with Crippen LogP contribution in [-0.2, 0) is 6.42 Å². The Kier molecular flexibility index (Phi) is 5.69. The molecule has 0 radical (unpaired) electrons. The largest absolute Gasteiger partial charge is 0.313 e. The van der Waals surface area contributed by atoms with Crippen LogP contribution >= 0.6 is 50.1 Å². The summed E-state index contributed by atoms with van der Waals surface area (Å²) in [6.07, 6.45) is 0.945. The molecule has 2 aromatic carbocycles. The van der Waals surface area contributed by atoms with Gasteiger partial charge in [0.2, 0.25) is 0 Å². The van der Waals surface area contributed by atoms with Crippen molar-refractivity contribution in [1.82, 2.24) is 5.32 Å². The van der Waals surface area contributed by atoms with Gasteiger partial charge in [-0.3, -0.25) is 0 Å². The molecule has 0 spiro atoms. The molecule has 0 saturated carbocycles. The lowest BCUT2D eigenvalue weighted by molar-refractivity contribution is 0.592. The van der Waals surface area contributed by atoms with E-state index in [9.17, 15) is 0 Å². The molecule has 0 aliphatic rings. The Morgan fingerprint density at radius 3 is 2.47 bits per heavy atom. The highest BCUT2D eigenvalue weighted by atomic mass is 127. The Hall–Kier alpha value is -0.100. The zero-order valence-electron chi connectivity index (χ0n) is 10.5. The van der Waals surface area contributed by atoms with Gasteiger partial charge in [0, 0.05) is 14.1 Å². The maximum atomic E-state index is 6.20. The van der Waals surface area contributed by atoms with E-state index in [0.29, 0.717) is 0 Å². The third-order valence-electron chi connectivity index (χ3n) is 3.05. The van der Waals surface area contributed by atoms with Crippen molar-refractivity contribution in [3.8, 4) is 0 Å². The van der Waals surface area contributed by atoms with Crippen molar-refractivity contribution in [2.45, 2.75) is 12.5 Å². The minimum absolute atomic E-state index is 0.274. The molecule has 0 bridgehead atoms. The molecule has 2 aromatic rings. The van der Waals surface area contributed by atoms with Crippen LogP contribution in [0.4, 0.5) is 0 Å². The Morgan fingerprint density at radius 1 is 1.21 bits per heavy atom. The van der Waals surface area contributed by atoms with Gasteiger partial charge in [0.25, 0.3) is 0 Å². The highest BCUT2D eigenvalue weighted by molar-refractivity contribution is 14.1. The Balaban J connectivity index is 2.19. The number of hydrogen-bond donors (Lipinski definition) is 1. The van der Waals surface area contributed by atoms with Gasteiger partial charge < -0.3 is 5.32 Å². The van der Waals surface area contributed by atoms with Crippen molar-refractivity contribution in [1.29, 1.82) is 0 Å². The third kappa shape index (κ3) is 4.18. The molecule has 0 amide bonds. The number of nitrogens with one attached hydrogen (secondary N) is 1. The van der Waals surface area contributed by atoms with E-state index in [2.05, 4.69) is 80.2 Å². The van der Waals surface area contributed by atoms with Gasteiger partial charge in [-0.05, 0) is 71.5 Å². The molecule has 1 unspecified atom stereocenters. The lowest BCUT2D eigenvalue weighted by Crippen LogP contribution is -2.18. The quantitative estimate of drug-likeness (QED) is 0.631. The monoisotopic (exact) mass is 449 g/mol. The topological polar surface area (TPSA) is 12.0 Å². The van der Waals surface area contributed by atoms with Gasteiger partial charge in [0.05, 0.1) is 5.02 Å². The zero-order chi connectivity index (χ0) is 13.8. The fraction of sp³-hybridized carbons (Fsp3) is 0.200. The van der Waals surface area contributed by atoms with E-state index in [1.54, 1.807) is 0 Å². The predicted molar refractivity (Wildman–Crippen MR) is 93.8 cm³/mol. The predicted octanol–water partition coefficient (Wildman–Crippen LogP) is 5.21. The molecule has 1 N–H and O–H groups in total. The summed E-state index contributed by atoms with van der Waals surface area (Å²) in [5.41, 5.74) is 2.52. The van der Waals surface area contributed by atoms with Crippen LogP contribution in [0.3, 0.4) is 0 Å². The number of benzene rings is 2.